The van der Waals surface area contributed by atoms with Crippen molar-refractivity contribution in [1.82, 2.24) is 4.90 Å². The minimum absolute atomic E-state index is 0.0648. The molecule has 0 radical (unpaired) electrons. The van der Waals surface area contributed by atoms with Crippen LogP contribution in [0, 0.1) is 0 Å². The van der Waals surface area contributed by atoms with Gasteiger partial charge < -0.3 is 19.5 Å². The Balaban J connectivity index is 2.27. The van der Waals surface area contributed by atoms with Gasteiger partial charge in [0.15, 0.2) is 0 Å². The van der Waals surface area contributed by atoms with Crippen molar-refractivity contribution in [2.24, 2.45) is 0 Å². The Morgan fingerprint density at radius 3 is 2.82 bits per heavy atom. The number of hydrogen-bond acceptors (Lipinski definition) is 4. The topological polar surface area (TPSA) is 76.1 Å². The average Bonchev–Trinajstić information content (AvgIpc) is 2.76. The lowest BCUT2D eigenvalue weighted by Gasteiger charge is -2.21. The first kappa shape index (κ1) is 13.9. The van der Waals surface area contributed by atoms with Gasteiger partial charge in [0.2, 0.25) is 0 Å². The van der Waals surface area contributed by atoms with Crippen molar-refractivity contribution < 1.29 is 24.2 Å². The molecular formula is C11H19NO5. The van der Waals surface area contributed by atoms with E-state index in [-0.39, 0.29) is 18.6 Å². The molecule has 17 heavy (non-hydrogen) atoms. The number of carboxylic acids is 1. The van der Waals surface area contributed by atoms with Gasteiger partial charge in [0, 0.05) is 13.7 Å². The summed E-state index contributed by atoms with van der Waals surface area (Å²) >= 11 is 0. The predicted molar refractivity (Wildman–Crippen MR) is 59.7 cm³/mol. The van der Waals surface area contributed by atoms with Gasteiger partial charge in [0.25, 0.3) is 5.91 Å². The molecule has 1 fully saturated rings. The van der Waals surface area contributed by atoms with E-state index in [1.165, 1.54) is 7.05 Å². The maximum absolute atomic E-state index is 11.7. The van der Waals surface area contributed by atoms with Crippen molar-refractivity contribution in [3.63, 3.8) is 0 Å². The highest BCUT2D eigenvalue weighted by molar-refractivity contribution is 5.84. The fourth-order valence-corrected chi connectivity index (χ4v) is 1.69. The van der Waals surface area contributed by atoms with E-state index in [1.807, 2.05) is 0 Å². The summed E-state index contributed by atoms with van der Waals surface area (Å²) in [5, 5.41) is 8.56. The maximum atomic E-state index is 11.7. The number of aliphatic carboxylic acids is 1. The lowest BCUT2D eigenvalue weighted by molar-refractivity contribution is -0.149. The van der Waals surface area contributed by atoms with Crippen molar-refractivity contribution in [3.05, 3.63) is 0 Å². The van der Waals surface area contributed by atoms with Crippen LogP contribution in [0.1, 0.15) is 19.8 Å². The second kappa shape index (κ2) is 6.56. The molecule has 1 amide bonds. The number of rotatable bonds is 6. The third-order valence-corrected chi connectivity index (χ3v) is 2.65. The Hall–Kier alpha value is -1.14. The summed E-state index contributed by atoms with van der Waals surface area (Å²) in [6, 6.07) is 0. The molecule has 98 valence electrons. The highest BCUT2D eigenvalue weighted by atomic mass is 16.5. The molecule has 0 bridgehead atoms. The first-order valence-corrected chi connectivity index (χ1v) is 5.70. The van der Waals surface area contributed by atoms with E-state index >= 15 is 0 Å². The van der Waals surface area contributed by atoms with Crippen LogP contribution in [0.15, 0.2) is 0 Å². The monoisotopic (exact) mass is 245 g/mol. The Labute approximate surface area is 100 Å². The number of amides is 1. The van der Waals surface area contributed by atoms with Crippen LogP contribution in [0.4, 0.5) is 0 Å². The largest absolute Gasteiger partial charge is 0.480 e. The zero-order valence-electron chi connectivity index (χ0n) is 10.2. The molecule has 1 saturated heterocycles. The Bertz CT molecular complexity index is 275. The van der Waals surface area contributed by atoms with Crippen molar-refractivity contribution in [2.75, 3.05) is 26.8 Å². The van der Waals surface area contributed by atoms with Crippen LogP contribution in [0.2, 0.25) is 0 Å². The summed E-state index contributed by atoms with van der Waals surface area (Å²) in [7, 11) is 1.45. The van der Waals surface area contributed by atoms with Crippen LogP contribution < -0.4 is 0 Å². The number of ether oxygens (including phenoxy) is 2. The van der Waals surface area contributed by atoms with Crippen molar-refractivity contribution in [1.29, 1.82) is 0 Å². The molecule has 6 heteroatoms. The average molecular weight is 245 g/mol. The van der Waals surface area contributed by atoms with E-state index in [0.29, 0.717) is 6.61 Å². The molecule has 6 nitrogen and oxygen atoms in total. The first-order valence-electron chi connectivity index (χ1n) is 5.70. The molecule has 0 saturated carbocycles. The first-order chi connectivity index (χ1) is 8.00. The molecule has 0 aliphatic carbocycles. The van der Waals surface area contributed by atoms with Gasteiger partial charge in [0.1, 0.15) is 12.6 Å². The van der Waals surface area contributed by atoms with E-state index < -0.39 is 12.1 Å². The number of carbonyl (C=O) groups excluding carboxylic acids is 1. The molecule has 0 aromatic carbocycles. The number of carboxylic acid groups (broad SMARTS) is 1. The molecule has 2 atom stereocenters. The summed E-state index contributed by atoms with van der Waals surface area (Å²) in [4.78, 5) is 23.3. The number of nitrogens with zero attached hydrogens (tertiary/aromatic N) is 1. The molecule has 1 aliphatic rings. The number of carbonyl (C=O) groups is 2. The summed E-state index contributed by atoms with van der Waals surface area (Å²) in [5.41, 5.74) is 0. The van der Waals surface area contributed by atoms with Crippen molar-refractivity contribution in [3.8, 4) is 0 Å². The van der Waals surface area contributed by atoms with Gasteiger partial charge in [-0.05, 0) is 19.8 Å². The summed E-state index contributed by atoms with van der Waals surface area (Å²) in [6.45, 7) is 2.44. The van der Waals surface area contributed by atoms with Crippen molar-refractivity contribution >= 4 is 11.9 Å². The van der Waals surface area contributed by atoms with Crippen LogP contribution in [-0.4, -0.2) is 60.9 Å². The van der Waals surface area contributed by atoms with Crippen LogP contribution >= 0.6 is 0 Å². The predicted octanol–water partition coefficient (Wildman–Crippen LogP) is 0.114. The van der Waals surface area contributed by atoms with Gasteiger partial charge in [-0.1, -0.05) is 0 Å². The SMILES string of the molecule is C[C@@H](OC[C@@H]1CCCO1)C(=O)N(C)CC(=O)O. The fourth-order valence-electron chi connectivity index (χ4n) is 1.69. The minimum Gasteiger partial charge on any atom is -0.480 e. The standard InChI is InChI=1S/C11H19NO5/c1-8(11(15)12(2)6-10(13)14)17-7-9-4-3-5-16-9/h8-9H,3-7H2,1-2H3,(H,13,14)/t8-,9+/m1/s1. The molecular weight excluding hydrogens is 226 g/mol. The minimum atomic E-state index is -1.04. The third kappa shape index (κ3) is 4.70. The third-order valence-electron chi connectivity index (χ3n) is 2.65. The number of likely N-dealkylation sites (N-methyl/N-ethyl adjacent to an activating group) is 1. The zero-order chi connectivity index (χ0) is 12.8. The summed E-state index contributed by atoms with van der Waals surface area (Å²) in [6.07, 6.45) is 1.40. The molecule has 1 N–H and O–H groups in total. The maximum Gasteiger partial charge on any atom is 0.323 e. The van der Waals surface area contributed by atoms with Gasteiger partial charge in [-0.15, -0.1) is 0 Å². The molecule has 0 unspecified atom stereocenters. The normalized spacial score (nSPS) is 21.2. The van der Waals surface area contributed by atoms with Gasteiger partial charge in [-0.2, -0.15) is 0 Å². The molecule has 1 heterocycles. The lowest BCUT2D eigenvalue weighted by Crippen LogP contribution is -2.40. The quantitative estimate of drug-likeness (QED) is 0.719. The molecule has 0 aromatic heterocycles. The van der Waals surface area contributed by atoms with Gasteiger partial charge in [0.05, 0.1) is 12.7 Å². The van der Waals surface area contributed by atoms with Crippen LogP contribution in [0.3, 0.4) is 0 Å². The Morgan fingerprint density at radius 1 is 1.59 bits per heavy atom. The second-order valence-corrected chi connectivity index (χ2v) is 4.20. The number of hydrogen-bond donors (Lipinski definition) is 1. The van der Waals surface area contributed by atoms with E-state index in [0.717, 1.165) is 24.3 Å². The molecule has 0 aromatic rings. The van der Waals surface area contributed by atoms with E-state index in [1.54, 1.807) is 6.92 Å². The van der Waals surface area contributed by atoms with Crippen LogP contribution in [-0.2, 0) is 19.1 Å². The summed E-state index contributed by atoms with van der Waals surface area (Å²) < 4.78 is 10.7. The van der Waals surface area contributed by atoms with E-state index in [9.17, 15) is 9.59 Å². The van der Waals surface area contributed by atoms with Crippen LogP contribution in [0.5, 0.6) is 0 Å². The van der Waals surface area contributed by atoms with Crippen molar-refractivity contribution in [2.45, 2.75) is 32.0 Å². The Morgan fingerprint density at radius 2 is 2.29 bits per heavy atom. The highest BCUT2D eigenvalue weighted by Gasteiger charge is 2.22. The molecule has 1 aliphatic heterocycles. The zero-order valence-corrected chi connectivity index (χ0v) is 10.2. The fraction of sp³-hybridized carbons (Fsp3) is 0.818. The van der Waals surface area contributed by atoms with Crippen LogP contribution in [0.25, 0.3) is 0 Å². The van der Waals surface area contributed by atoms with E-state index in [4.69, 9.17) is 14.6 Å². The Kier molecular flexibility index (Phi) is 5.37. The van der Waals surface area contributed by atoms with Gasteiger partial charge in [-0.3, -0.25) is 9.59 Å². The summed E-state index contributed by atoms with van der Waals surface area (Å²) in [5.74, 6) is -1.36. The second-order valence-electron chi connectivity index (χ2n) is 4.20. The van der Waals surface area contributed by atoms with Gasteiger partial charge in [-0.25, -0.2) is 0 Å². The molecule has 1 rings (SSSR count). The molecule has 0 spiro atoms. The van der Waals surface area contributed by atoms with E-state index in [2.05, 4.69) is 0 Å². The highest BCUT2D eigenvalue weighted by Crippen LogP contribution is 2.13. The lowest BCUT2D eigenvalue weighted by atomic mass is 10.2. The van der Waals surface area contributed by atoms with Gasteiger partial charge >= 0.3 is 5.97 Å². The smallest absolute Gasteiger partial charge is 0.323 e.